The van der Waals surface area contributed by atoms with E-state index in [1.165, 1.54) is 20.7 Å². The van der Waals surface area contributed by atoms with Gasteiger partial charge in [-0.2, -0.15) is 10.5 Å². The maximum absolute atomic E-state index is 18.4. The van der Waals surface area contributed by atoms with Crippen LogP contribution in [0.2, 0.25) is 78.6 Å². The highest BCUT2D eigenvalue weighted by atomic mass is 28.3. The molecular formula is C78H72F2N4Si4. The van der Waals surface area contributed by atoms with E-state index in [1.54, 1.807) is 36.4 Å². The molecule has 88 heavy (non-hydrogen) atoms. The summed E-state index contributed by atoms with van der Waals surface area (Å²) in [4.78, 5) is 4.06. The number of rotatable bonds is 14. The average molecular weight is 1220 g/mol. The van der Waals surface area contributed by atoms with Gasteiger partial charge in [-0.3, -0.25) is 0 Å². The lowest BCUT2D eigenvalue weighted by molar-refractivity contribution is 0.629. The number of halogens is 2. The fourth-order valence-electron chi connectivity index (χ4n) is 12.4. The summed E-state index contributed by atoms with van der Waals surface area (Å²) in [5.74, 6) is -0.789. The quantitative estimate of drug-likeness (QED) is 0.0804. The minimum Gasteiger partial charge on any atom is -0.307 e. The third kappa shape index (κ3) is 11.2. The zero-order valence-electron chi connectivity index (χ0n) is 52.3. The van der Waals surface area contributed by atoms with E-state index in [4.69, 9.17) is 0 Å². The lowest BCUT2D eigenvalue weighted by Gasteiger charge is -2.32. The predicted molar refractivity (Wildman–Crippen MR) is 383 cm³/mol. The highest BCUT2D eigenvalue weighted by Crippen LogP contribution is 2.52. The molecule has 12 rings (SSSR count). The Morgan fingerprint density at radius 1 is 0.307 bits per heavy atom. The van der Waals surface area contributed by atoms with Crippen LogP contribution in [-0.4, -0.2) is 32.3 Å². The van der Waals surface area contributed by atoms with Crippen molar-refractivity contribution >= 4 is 119 Å². The van der Waals surface area contributed by atoms with Gasteiger partial charge in [-0.15, -0.1) is 0 Å². The lowest BCUT2D eigenvalue weighted by Crippen LogP contribution is -2.37. The molecule has 0 aliphatic carbocycles. The van der Waals surface area contributed by atoms with Gasteiger partial charge >= 0.3 is 0 Å². The Morgan fingerprint density at radius 3 is 0.875 bits per heavy atom. The van der Waals surface area contributed by atoms with Crippen LogP contribution < -0.4 is 30.5 Å². The fraction of sp³-hybridized carbons (Fsp3) is 0.154. The van der Waals surface area contributed by atoms with Crippen LogP contribution >= 0.6 is 0 Å². The van der Waals surface area contributed by atoms with Crippen LogP contribution in [0.3, 0.4) is 0 Å². The Hall–Kier alpha value is -9.01. The molecule has 12 aromatic rings. The monoisotopic (exact) mass is 1210 g/mol. The van der Waals surface area contributed by atoms with Crippen LogP contribution in [0.15, 0.2) is 218 Å². The summed E-state index contributed by atoms with van der Waals surface area (Å²) in [7, 11) is -6.65. The van der Waals surface area contributed by atoms with Gasteiger partial charge in [-0.1, -0.05) is 233 Å². The zero-order valence-corrected chi connectivity index (χ0v) is 56.3. The first kappa shape index (κ1) is 59.3. The predicted octanol–water partition coefficient (Wildman–Crippen LogP) is 20.4. The molecule has 0 spiro atoms. The first-order valence-corrected chi connectivity index (χ1v) is 44.3. The van der Waals surface area contributed by atoms with Crippen molar-refractivity contribution < 1.29 is 8.78 Å². The molecule has 0 fully saturated rings. The van der Waals surface area contributed by atoms with E-state index in [0.717, 1.165) is 88.2 Å². The minimum absolute atomic E-state index is 0.381. The molecule has 0 N–H and O–H groups in total. The highest BCUT2D eigenvalue weighted by molar-refractivity contribution is 6.90. The number of nitrogens with zero attached hydrogens (tertiary/aromatic N) is 4. The van der Waals surface area contributed by atoms with Crippen molar-refractivity contribution in [2.45, 2.75) is 78.6 Å². The minimum atomic E-state index is -1.71. The molecule has 0 atom stereocenters. The second-order valence-electron chi connectivity index (χ2n) is 27.6. The van der Waals surface area contributed by atoms with E-state index < -0.39 is 43.9 Å². The van der Waals surface area contributed by atoms with Crippen LogP contribution in [0.25, 0.3) is 76.8 Å². The van der Waals surface area contributed by atoms with Crippen molar-refractivity contribution in [3.8, 4) is 56.6 Å². The molecule has 0 heterocycles. The Balaban J connectivity index is 1.11. The highest BCUT2D eigenvalue weighted by Gasteiger charge is 2.30. The smallest absolute Gasteiger partial charge is 0.148 e. The van der Waals surface area contributed by atoms with Gasteiger partial charge in [0.25, 0.3) is 0 Å². The first-order valence-electron chi connectivity index (χ1n) is 30.3. The van der Waals surface area contributed by atoms with Gasteiger partial charge in [0.2, 0.25) is 0 Å². The molecular weight excluding hydrogens is 1140 g/mol. The van der Waals surface area contributed by atoms with Crippen molar-refractivity contribution in [1.82, 2.24) is 0 Å². The molecule has 0 saturated heterocycles. The van der Waals surface area contributed by atoms with E-state index in [0.29, 0.717) is 33.9 Å². The molecule has 0 aromatic heterocycles. The summed E-state index contributed by atoms with van der Waals surface area (Å²) in [5, 5.41) is 31.2. The van der Waals surface area contributed by atoms with E-state index >= 15 is 8.78 Å². The van der Waals surface area contributed by atoms with Gasteiger partial charge in [0, 0.05) is 33.3 Å². The van der Waals surface area contributed by atoms with Gasteiger partial charge in [0.15, 0.2) is 0 Å². The standard InChI is InChI=1S/C78H72F2N4Si4/c1-85(2,3)63-33-17-53(18-34-63)59-45-69(55-21-37-65(38-22-55)87(7,8)9)77(71(79)47-59)83(61-29-13-51(49-81)14-30-61)73-43-27-57-26-42-68-74(44-28-58-25-41-67(73)75(57)76(58)68)84(62-31-15-52(50-82)16-32-62)78-70(56-23-39-66(40-24-56)88(10,11)12)46-60(48-72(78)80)54-19-35-64(36-20-54)86(4,5)6/h13-48H,1-12H3. The summed E-state index contributed by atoms with van der Waals surface area (Å²) in [6.45, 7) is 28.0. The summed E-state index contributed by atoms with van der Waals surface area (Å²) in [5.41, 5.74) is 11.2. The van der Waals surface area contributed by atoms with Crippen LogP contribution in [-0.2, 0) is 0 Å². The first-order chi connectivity index (χ1) is 41.9. The largest absolute Gasteiger partial charge is 0.307 e. The topological polar surface area (TPSA) is 54.1 Å². The van der Waals surface area contributed by atoms with Crippen LogP contribution in [0.1, 0.15) is 11.1 Å². The molecule has 0 bridgehead atoms. The van der Waals surface area contributed by atoms with E-state index in [-0.39, 0.29) is 0 Å². The van der Waals surface area contributed by atoms with Crippen molar-refractivity contribution in [2.75, 3.05) is 9.80 Å². The summed E-state index contributed by atoms with van der Waals surface area (Å²) in [6.07, 6.45) is 0. The van der Waals surface area contributed by atoms with E-state index in [9.17, 15) is 10.5 Å². The normalized spacial score (nSPS) is 12.2. The number of hydrogen-bond acceptors (Lipinski definition) is 4. The van der Waals surface area contributed by atoms with Crippen molar-refractivity contribution in [3.63, 3.8) is 0 Å². The molecule has 4 nitrogen and oxygen atoms in total. The molecule has 0 radical (unpaired) electrons. The Kier molecular flexibility index (Phi) is 15.2. The van der Waals surface area contributed by atoms with Gasteiger partial charge in [-0.05, 0) is 140 Å². The molecule has 0 saturated carbocycles. The molecule has 0 unspecified atom stereocenters. The maximum atomic E-state index is 18.4. The Bertz CT molecular complexity index is 4410. The van der Waals surface area contributed by atoms with Crippen LogP contribution in [0.4, 0.5) is 42.9 Å². The SMILES string of the molecule is C[Si](C)(C)c1ccc(-c2cc(F)c(N(c3ccc(C#N)cc3)c3ccc4ccc5c(N(c6ccc(C#N)cc6)c6c(F)cc(-c7ccc([Si](C)(C)C)cc7)cc6-c6ccc([Si](C)(C)C)cc6)ccc6ccc3c4c65)c(-c3ccc([Si](C)(C)C)cc3)c2)cc1. The van der Waals surface area contributed by atoms with Gasteiger partial charge in [0.05, 0.1) is 78.3 Å². The fourth-order valence-corrected chi connectivity index (χ4v) is 17.0. The number of anilines is 6. The molecule has 10 heteroatoms. The Labute approximate surface area is 521 Å². The summed E-state index contributed by atoms with van der Waals surface area (Å²) >= 11 is 0. The molecule has 12 aromatic carbocycles. The third-order valence-electron chi connectivity index (χ3n) is 17.5. The molecule has 434 valence electrons. The number of benzene rings is 12. The lowest BCUT2D eigenvalue weighted by atomic mass is 9.90. The van der Waals surface area contributed by atoms with Crippen molar-refractivity contribution in [1.29, 1.82) is 10.5 Å². The summed E-state index contributed by atoms with van der Waals surface area (Å²) < 4.78 is 36.8. The van der Waals surface area contributed by atoms with Crippen molar-refractivity contribution in [3.05, 3.63) is 241 Å². The molecule has 0 aliphatic rings. The zero-order chi connectivity index (χ0) is 62.2. The van der Waals surface area contributed by atoms with Gasteiger partial charge < -0.3 is 9.80 Å². The van der Waals surface area contributed by atoms with Gasteiger partial charge in [-0.25, -0.2) is 8.78 Å². The molecule has 0 amide bonds. The second kappa shape index (κ2) is 22.6. The van der Waals surface area contributed by atoms with Crippen molar-refractivity contribution in [2.24, 2.45) is 0 Å². The van der Waals surface area contributed by atoms with E-state index in [2.05, 4.69) is 248 Å². The second-order valence-corrected chi connectivity index (χ2v) is 47.9. The van der Waals surface area contributed by atoms with Crippen LogP contribution in [0.5, 0.6) is 0 Å². The third-order valence-corrected chi connectivity index (χ3v) is 25.7. The number of nitriles is 2. The average Bonchev–Trinajstić information content (AvgIpc) is 0.781. The summed E-state index contributed by atoms with van der Waals surface area (Å²) in [6, 6.07) is 78.6. The maximum Gasteiger partial charge on any atom is 0.148 e. The van der Waals surface area contributed by atoms with Crippen LogP contribution in [0, 0.1) is 34.3 Å². The van der Waals surface area contributed by atoms with Gasteiger partial charge in [0.1, 0.15) is 11.6 Å². The number of hydrogen-bond donors (Lipinski definition) is 0. The Morgan fingerprint density at radius 2 is 0.591 bits per heavy atom. The van der Waals surface area contributed by atoms with E-state index in [1.807, 2.05) is 34.1 Å². The molecule has 0 aliphatic heterocycles.